The molecule has 2 heterocycles. The third-order valence-corrected chi connectivity index (χ3v) is 3.59. The summed E-state index contributed by atoms with van der Waals surface area (Å²) in [4.78, 5) is 4.45. The molecule has 6 heteroatoms. The number of benzene rings is 1. The van der Waals surface area contributed by atoms with E-state index >= 15 is 0 Å². The Hall–Kier alpha value is -1.47. The number of fused-ring (bicyclic) bond motifs is 1. The van der Waals surface area contributed by atoms with Gasteiger partial charge in [0.05, 0.1) is 6.61 Å². The smallest absolute Gasteiger partial charge is 0.217 e. The van der Waals surface area contributed by atoms with Crippen molar-refractivity contribution >= 4 is 5.90 Å². The van der Waals surface area contributed by atoms with Crippen LogP contribution < -0.4 is 0 Å². The minimum atomic E-state index is -0.943. The second-order valence-electron chi connectivity index (χ2n) is 4.83. The standard InChI is InChI=1S/C14H17NO5/c1-18-14-10-12(11(17)9(7-16)19-14)20-13(15-10)8-5-3-2-4-6-8/h2-6,9-12,14,16-17H,7H2,1H3/t9-,10+,11-,12-,14+/m1/s1. The van der Waals surface area contributed by atoms with Crippen LogP contribution in [0.3, 0.4) is 0 Å². The van der Waals surface area contributed by atoms with Crippen molar-refractivity contribution in [1.82, 2.24) is 0 Å². The first-order chi connectivity index (χ1) is 9.74. The van der Waals surface area contributed by atoms with Crippen LogP contribution in [-0.4, -0.2) is 60.5 Å². The largest absolute Gasteiger partial charge is 0.469 e. The first-order valence-corrected chi connectivity index (χ1v) is 6.51. The van der Waals surface area contributed by atoms with Gasteiger partial charge in [0, 0.05) is 12.7 Å². The van der Waals surface area contributed by atoms with E-state index in [0.717, 1.165) is 5.56 Å². The molecule has 3 rings (SSSR count). The van der Waals surface area contributed by atoms with Gasteiger partial charge in [-0.1, -0.05) is 18.2 Å². The highest BCUT2D eigenvalue weighted by Crippen LogP contribution is 2.31. The van der Waals surface area contributed by atoms with Gasteiger partial charge in [0.25, 0.3) is 0 Å². The lowest BCUT2D eigenvalue weighted by Gasteiger charge is -2.38. The molecular weight excluding hydrogens is 262 g/mol. The summed E-state index contributed by atoms with van der Waals surface area (Å²) in [5.74, 6) is 0.462. The Kier molecular flexibility index (Phi) is 3.71. The number of nitrogens with zero attached hydrogens (tertiary/aromatic N) is 1. The summed E-state index contributed by atoms with van der Waals surface area (Å²) in [5.41, 5.74) is 0.838. The fourth-order valence-corrected chi connectivity index (χ4v) is 2.54. The molecule has 0 saturated carbocycles. The summed E-state index contributed by atoms with van der Waals surface area (Å²) in [5, 5.41) is 19.4. The van der Waals surface area contributed by atoms with E-state index in [4.69, 9.17) is 14.2 Å². The highest BCUT2D eigenvalue weighted by Gasteiger charge is 2.50. The minimum absolute atomic E-state index is 0.297. The average molecular weight is 279 g/mol. The number of rotatable bonds is 3. The molecule has 2 N–H and O–H groups in total. The number of hydrogen-bond acceptors (Lipinski definition) is 6. The molecule has 1 aromatic rings. The quantitative estimate of drug-likeness (QED) is 0.809. The normalized spacial score (nSPS) is 36.1. The molecule has 0 amide bonds. The van der Waals surface area contributed by atoms with E-state index in [1.54, 1.807) is 0 Å². The third kappa shape index (κ3) is 2.20. The molecule has 2 aliphatic rings. The molecule has 0 aliphatic carbocycles. The maximum Gasteiger partial charge on any atom is 0.217 e. The van der Waals surface area contributed by atoms with E-state index in [1.807, 2.05) is 30.3 Å². The van der Waals surface area contributed by atoms with Crippen molar-refractivity contribution in [3.63, 3.8) is 0 Å². The van der Waals surface area contributed by atoms with Crippen LogP contribution in [0.2, 0.25) is 0 Å². The van der Waals surface area contributed by atoms with Gasteiger partial charge >= 0.3 is 0 Å². The number of methoxy groups -OCH3 is 1. The predicted molar refractivity (Wildman–Crippen MR) is 70.4 cm³/mol. The van der Waals surface area contributed by atoms with Crippen LogP contribution in [0.25, 0.3) is 0 Å². The van der Waals surface area contributed by atoms with E-state index in [-0.39, 0.29) is 6.61 Å². The lowest BCUT2D eigenvalue weighted by molar-refractivity contribution is -0.249. The van der Waals surface area contributed by atoms with Gasteiger partial charge in [-0.05, 0) is 12.1 Å². The fraction of sp³-hybridized carbons (Fsp3) is 0.500. The van der Waals surface area contributed by atoms with Gasteiger partial charge in [0.15, 0.2) is 12.4 Å². The summed E-state index contributed by atoms with van der Waals surface area (Å²) >= 11 is 0. The van der Waals surface area contributed by atoms with E-state index in [1.165, 1.54) is 7.11 Å². The van der Waals surface area contributed by atoms with Crippen molar-refractivity contribution in [2.24, 2.45) is 4.99 Å². The van der Waals surface area contributed by atoms with Gasteiger partial charge in [0.2, 0.25) is 5.90 Å². The molecule has 0 aromatic heterocycles. The molecule has 2 aliphatic heterocycles. The zero-order valence-corrected chi connectivity index (χ0v) is 11.0. The van der Waals surface area contributed by atoms with Gasteiger partial charge in [0.1, 0.15) is 18.2 Å². The fourth-order valence-electron chi connectivity index (χ4n) is 2.54. The summed E-state index contributed by atoms with van der Waals surface area (Å²) in [6.45, 7) is -0.297. The average Bonchev–Trinajstić information content (AvgIpc) is 2.94. The molecule has 1 aromatic carbocycles. The Morgan fingerprint density at radius 1 is 1.30 bits per heavy atom. The van der Waals surface area contributed by atoms with Crippen LogP contribution in [0.5, 0.6) is 0 Å². The summed E-state index contributed by atoms with van der Waals surface area (Å²) < 4.78 is 16.5. The lowest BCUT2D eigenvalue weighted by atomic mass is 9.98. The molecule has 0 unspecified atom stereocenters. The molecular formula is C14H17NO5. The number of aliphatic hydroxyl groups is 2. The number of aliphatic imine (C=N–C) groups is 1. The SMILES string of the molecule is CO[C@H]1O[C@H](CO)[C@@H](O)[C@@H]2OC(c3ccccc3)=N[C@H]12. The predicted octanol–water partition coefficient (Wildman–Crippen LogP) is -0.0749. The molecule has 0 spiro atoms. The Balaban J connectivity index is 1.87. The van der Waals surface area contributed by atoms with E-state index in [0.29, 0.717) is 5.90 Å². The Labute approximate surface area is 116 Å². The Morgan fingerprint density at radius 2 is 2.05 bits per heavy atom. The first-order valence-electron chi connectivity index (χ1n) is 6.51. The van der Waals surface area contributed by atoms with Gasteiger partial charge in [-0.2, -0.15) is 0 Å². The molecule has 1 saturated heterocycles. The van der Waals surface area contributed by atoms with Crippen molar-refractivity contribution in [3.05, 3.63) is 35.9 Å². The van der Waals surface area contributed by atoms with E-state index < -0.39 is 30.6 Å². The van der Waals surface area contributed by atoms with E-state index in [2.05, 4.69) is 4.99 Å². The van der Waals surface area contributed by atoms with Crippen molar-refractivity contribution < 1.29 is 24.4 Å². The molecule has 20 heavy (non-hydrogen) atoms. The van der Waals surface area contributed by atoms with Crippen LogP contribution in [0.4, 0.5) is 0 Å². The first kappa shape index (κ1) is 13.5. The molecule has 1 fully saturated rings. The maximum atomic E-state index is 10.2. The van der Waals surface area contributed by atoms with Crippen LogP contribution >= 0.6 is 0 Å². The van der Waals surface area contributed by atoms with Gasteiger partial charge in [-0.25, -0.2) is 4.99 Å². The van der Waals surface area contributed by atoms with Crippen molar-refractivity contribution in [1.29, 1.82) is 0 Å². The summed E-state index contributed by atoms with van der Waals surface area (Å²) in [6, 6.07) is 9.02. The van der Waals surface area contributed by atoms with Gasteiger partial charge in [-0.3, -0.25) is 0 Å². The third-order valence-electron chi connectivity index (χ3n) is 3.59. The zero-order valence-electron chi connectivity index (χ0n) is 11.0. The highest BCUT2D eigenvalue weighted by atomic mass is 16.7. The highest BCUT2D eigenvalue weighted by molar-refractivity contribution is 5.95. The molecule has 6 nitrogen and oxygen atoms in total. The number of ether oxygens (including phenoxy) is 3. The van der Waals surface area contributed by atoms with Crippen LogP contribution in [-0.2, 0) is 14.2 Å². The maximum absolute atomic E-state index is 10.2. The molecule has 5 atom stereocenters. The second-order valence-corrected chi connectivity index (χ2v) is 4.83. The summed E-state index contributed by atoms with van der Waals surface area (Å²) in [7, 11) is 1.50. The van der Waals surface area contributed by atoms with Crippen LogP contribution in [0, 0.1) is 0 Å². The van der Waals surface area contributed by atoms with Gasteiger partial charge < -0.3 is 24.4 Å². The van der Waals surface area contributed by atoms with Crippen molar-refractivity contribution in [2.75, 3.05) is 13.7 Å². The monoisotopic (exact) mass is 279 g/mol. The minimum Gasteiger partial charge on any atom is -0.469 e. The van der Waals surface area contributed by atoms with Crippen LogP contribution in [0.1, 0.15) is 5.56 Å². The van der Waals surface area contributed by atoms with Crippen molar-refractivity contribution in [2.45, 2.75) is 30.6 Å². The molecule has 0 bridgehead atoms. The Bertz CT molecular complexity index is 492. The lowest BCUT2D eigenvalue weighted by Crippen LogP contribution is -2.57. The number of aliphatic hydroxyl groups excluding tert-OH is 2. The Morgan fingerprint density at radius 3 is 2.70 bits per heavy atom. The summed E-state index contributed by atoms with van der Waals surface area (Å²) in [6.07, 6.45) is -2.88. The topological polar surface area (TPSA) is 80.5 Å². The van der Waals surface area contributed by atoms with Crippen LogP contribution in [0.15, 0.2) is 35.3 Å². The zero-order chi connectivity index (χ0) is 14.1. The van der Waals surface area contributed by atoms with Crippen molar-refractivity contribution in [3.8, 4) is 0 Å². The van der Waals surface area contributed by atoms with Gasteiger partial charge in [-0.15, -0.1) is 0 Å². The molecule has 0 radical (unpaired) electrons. The molecule has 108 valence electrons. The number of hydrogen-bond donors (Lipinski definition) is 2. The van der Waals surface area contributed by atoms with E-state index in [9.17, 15) is 10.2 Å². The second kappa shape index (κ2) is 5.49.